The van der Waals surface area contributed by atoms with Crippen LogP contribution in [0.15, 0.2) is 18.3 Å². The Morgan fingerprint density at radius 2 is 2.42 bits per heavy atom. The van der Waals surface area contributed by atoms with Crippen molar-refractivity contribution in [3.63, 3.8) is 0 Å². The van der Waals surface area contributed by atoms with Gasteiger partial charge in [0.05, 0.1) is 6.10 Å². The molecule has 5 nitrogen and oxygen atoms in total. The van der Waals surface area contributed by atoms with Crippen molar-refractivity contribution in [2.75, 3.05) is 25.5 Å². The maximum absolute atomic E-state index is 12.1. The van der Waals surface area contributed by atoms with E-state index in [2.05, 4.69) is 22.5 Å². The van der Waals surface area contributed by atoms with E-state index in [9.17, 15) is 4.79 Å². The average molecular weight is 263 g/mol. The van der Waals surface area contributed by atoms with Gasteiger partial charge in [0.1, 0.15) is 5.82 Å². The van der Waals surface area contributed by atoms with Crippen LogP contribution >= 0.6 is 0 Å². The Balaban J connectivity index is 1.90. The Morgan fingerprint density at radius 3 is 3.16 bits per heavy atom. The predicted octanol–water partition coefficient (Wildman–Crippen LogP) is 1.67. The minimum Gasteiger partial charge on any atom is -0.378 e. The first-order valence-electron chi connectivity index (χ1n) is 6.78. The van der Waals surface area contributed by atoms with Crippen molar-refractivity contribution in [3.05, 3.63) is 23.9 Å². The van der Waals surface area contributed by atoms with Crippen LogP contribution in [-0.2, 0) is 4.74 Å². The zero-order chi connectivity index (χ0) is 13.7. The third kappa shape index (κ3) is 3.44. The highest BCUT2D eigenvalue weighted by Crippen LogP contribution is 2.22. The lowest BCUT2D eigenvalue weighted by Gasteiger charge is -2.17. The minimum atomic E-state index is -0.0550. The monoisotopic (exact) mass is 263 g/mol. The Hall–Kier alpha value is -1.62. The van der Waals surface area contributed by atoms with E-state index in [1.54, 1.807) is 25.4 Å². The quantitative estimate of drug-likeness (QED) is 0.848. The van der Waals surface area contributed by atoms with Crippen molar-refractivity contribution in [1.82, 2.24) is 10.3 Å². The van der Waals surface area contributed by atoms with E-state index in [4.69, 9.17) is 4.74 Å². The van der Waals surface area contributed by atoms with Gasteiger partial charge in [-0.2, -0.15) is 0 Å². The first kappa shape index (κ1) is 13.8. The lowest BCUT2D eigenvalue weighted by Crippen LogP contribution is -2.32. The molecule has 1 saturated heterocycles. The molecule has 1 aliphatic rings. The molecule has 2 N–H and O–H groups in total. The van der Waals surface area contributed by atoms with E-state index in [-0.39, 0.29) is 12.0 Å². The molecule has 19 heavy (non-hydrogen) atoms. The summed E-state index contributed by atoms with van der Waals surface area (Å²) in [6, 6.07) is 3.47. The summed E-state index contributed by atoms with van der Waals surface area (Å²) in [5.41, 5.74) is 0.631. The molecule has 0 bridgehead atoms. The van der Waals surface area contributed by atoms with Crippen molar-refractivity contribution in [2.24, 2.45) is 5.92 Å². The molecule has 0 spiro atoms. The van der Waals surface area contributed by atoms with E-state index in [0.29, 0.717) is 23.8 Å². The van der Waals surface area contributed by atoms with Gasteiger partial charge in [0.15, 0.2) is 0 Å². The van der Waals surface area contributed by atoms with Gasteiger partial charge in [-0.1, -0.05) is 6.92 Å². The number of carbonyl (C=O) groups is 1. The van der Waals surface area contributed by atoms with Crippen LogP contribution < -0.4 is 10.6 Å². The van der Waals surface area contributed by atoms with Gasteiger partial charge in [0.25, 0.3) is 5.91 Å². The van der Waals surface area contributed by atoms with Crippen molar-refractivity contribution in [1.29, 1.82) is 0 Å². The number of anilines is 1. The molecule has 1 aromatic rings. The fourth-order valence-electron chi connectivity index (χ4n) is 2.41. The summed E-state index contributed by atoms with van der Waals surface area (Å²) >= 11 is 0. The molecule has 0 radical (unpaired) electrons. The number of hydrogen-bond acceptors (Lipinski definition) is 4. The summed E-state index contributed by atoms with van der Waals surface area (Å²) in [5.74, 6) is 1.07. The molecule has 1 fully saturated rings. The first-order chi connectivity index (χ1) is 9.24. The van der Waals surface area contributed by atoms with Crippen molar-refractivity contribution in [2.45, 2.75) is 25.9 Å². The number of nitrogens with zero attached hydrogens (tertiary/aromatic N) is 1. The van der Waals surface area contributed by atoms with Crippen LogP contribution in [-0.4, -0.2) is 37.2 Å². The Kier molecular flexibility index (Phi) is 4.74. The summed E-state index contributed by atoms with van der Waals surface area (Å²) < 4.78 is 5.62. The van der Waals surface area contributed by atoms with Gasteiger partial charge < -0.3 is 15.4 Å². The maximum Gasteiger partial charge on any atom is 0.251 e. The highest BCUT2D eigenvalue weighted by molar-refractivity contribution is 5.94. The number of rotatable bonds is 5. The van der Waals surface area contributed by atoms with Gasteiger partial charge in [0.2, 0.25) is 0 Å². The van der Waals surface area contributed by atoms with Gasteiger partial charge in [-0.05, 0) is 25.0 Å². The number of pyridine rings is 1. The van der Waals surface area contributed by atoms with E-state index in [1.807, 2.05) is 0 Å². The molecule has 2 unspecified atom stereocenters. The van der Waals surface area contributed by atoms with Crippen LogP contribution in [0, 0.1) is 5.92 Å². The Labute approximate surface area is 113 Å². The number of ether oxygens (including phenoxy) is 1. The smallest absolute Gasteiger partial charge is 0.251 e. The van der Waals surface area contributed by atoms with Crippen molar-refractivity contribution >= 4 is 11.7 Å². The summed E-state index contributed by atoms with van der Waals surface area (Å²) in [5, 5.41) is 5.91. The van der Waals surface area contributed by atoms with Gasteiger partial charge in [-0.25, -0.2) is 4.98 Å². The van der Waals surface area contributed by atoms with Crippen LogP contribution in [0.1, 0.15) is 30.1 Å². The molecule has 1 amide bonds. The molecule has 1 aliphatic heterocycles. The lowest BCUT2D eigenvalue weighted by atomic mass is 9.99. The summed E-state index contributed by atoms with van der Waals surface area (Å²) in [6.07, 6.45) is 3.94. The van der Waals surface area contributed by atoms with Crippen LogP contribution in [0.4, 0.5) is 5.82 Å². The topological polar surface area (TPSA) is 63.2 Å². The molecule has 2 atom stereocenters. The number of amides is 1. The molecule has 1 aromatic heterocycles. The van der Waals surface area contributed by atoms with Gasteiger partial charge in [-0.3, -0.25) is 4.79 Å². The standard InChI is InChI=1S/C14H21N3O2/c1-3-12-11(5-7-19-12)9-17-14(18)10-4-6-16-13(8-10)15-2/h4,6,8,11-12H,3,5,7,9H2,1-2H3,(H,15,16)(H,17,18). The fourth-order valence-corrected chi connectivity index (χ4v) is 2.41. The molecule has 104 valence electrons. The number of carbonyl (C=O) groups excluding carboxylic acids is 1. The van der Waals surface area contributed by atoms with Crippen molar-refractivity contribution < 1.29 is 9.53 Å². The second kappa shape index (κ2) is 6.52. The molecule has 0 saturated carbocycles. The Morgan fingerprint density at radius 1 is 1.58 bits per heavy atom. The lowest BCUT2D eigenvalue weighted by molar-refractivity contribution is 0.0827. The molecule has 0 aromatic carbocycles. The van der Waals surface area contributed by atoms with Crippen LogP contribution in [0.3, 0.4) is 0 Å². The molecule has 0 aliphatic carbocycles. The van der Waals surface area contributed by atoms with Gasteiger partial charge in [-0.15, -0.1) is 0 Å². The van der Waals surface area contributed by atoms with Crippen LogP contribution in [0.2, 0.25) is 0 Å². The summed E-state index contributed by atoms with van der Waals surface area (Å²) in [6.45, 7) is 3.60. The van der Waals surface area contributed by atoms with Gasteiger partial charge >= 0.3 is 0 Å². The molecular weight excluding hydrogens is 242 g/mol. The second-order valence-electron chi connectivity index (χ2n) is 4.76. The maximum atomic E-state index is 12.1. The predicted molar refractivity (Wildman–Crippen MR) is 74.3 cm³/mol. The normalized spacial score (nSPS) is 22.2. The molecular formula is C14H21N3O2. The molecule has 5 heteroatoms. The molecule has 2 heterocycles. The third-order valence-corrected chi connectivity index (χ3v) is 3.55. The second-order valence-corrected chi connectivity index (χ2v) is 4.76. The largest absolute Gasteiger partial charge is 0.378 e. The van der Waals surface area contributed by atoms with Gasteiger partial charge in [0, 0.05) is 37.9 Å². The average Bonchev–Trinajstić information content (AvgIpc) is 2.92. The first-order valence-corrected chi connectivity index (χ1v) is 6.78. The summed E-state index contributed by atoms with van der Waals surface area (Å²) in [4.78, 5) is 16.1. The zero-order valence-electron chi connectivity index (χ0n) is 11.5. The highest BCUT2D eigenvalue weighted by Gasteiger charge is 2.26. The molecule has 2 rings (SSSR count). The number of aromatic nitrogens is 1. The fraction of sp³-hybridized carbons (Fsp3) is 0.571. The third-order valence-electron chi connectivity index (χ3n) is 3.55. The summed E-state index contributed by atoms with van der Waals surface area (Å²) in [7, 11) is 1.78. The van der Waals surface area contributed by atoms with Crippen LogP contribution in [0.25, 0.3) is 0 Å². The zero-order valence-corrected chi connectivity index (χ0v) is 11.5. The van der Waals surface area contributed by atoms with Crippen LogP contribution in [0.5, 0.6) is 0 Å². The van der Waals surface area contributed by atoms with E-state index < -0.39 is 0 Å². The SMILES string of the molecule is CCC1OCCC1CNC(=O)c1ccnc(NC)c1. The van der Waals surface area contributed by atoms with Crippen molar-refractivity contribution in [3.8, 4) is 0 Å². The highest BCUT2D eigenvalue weighted by atomic mass is 16.5. The van der Waals surface area contributed by atoms with E-state index in [1.165, 1.54) is 0 Å². The number of hydrogen-bond donors (Lipinski definition) is 2. The van der Waals surface area contributed by atoms with E-state index in [0.717, 1.165) is 19.4 Å². The number of nitrogens with one attached hydrogen (secondary N) is 2. The minimum absolute atomic E-state index is 0.0550. The Bertz CT molecular complexity index is 436. The van der Waals surface area contributed by atoms with E-state index >= 15 is 0 Å².